The predicted octanol–water partition coefficient (Wildman–Crippen LogP) is 2.66. The van der Waals surface area contributed by atoms with Crippen molar-refractivity contribution in [3.8, 4) is 0 Å². The maximum Gasteiger partial charge on any atom is 0.275 e. The Morgan fingerprint density at radius 3 is 3.00 bits per heavy atom. The van der Waals surface area contributed by atoms with Crippen LogP contribution in [0.4, 0.5) is 5.13 Å². The zero-order valence-corrected chi connectivity index (χ0v) is 13.4. The summed E-state index contributed by atoms with van der Waals surface area (Å²) < 4.78 is 1.36. The largest absolute Gasteiger partial charge is 0.361 e. The molecule has 0 radical (unpaired) electrons. The molecule has 1 N–H and O–H groups in total. The van der Waals surface area contributed by atoms with E-state index in [-0.39, 0.29) is 5.56 Å². The Balaban J connectivity index is 1.73. The Bertz CT molecular complexity index is 1030. The second kappa shape index (κ2) is 5.51. The molecule has 0 amide bonds. The molecule has 0 aliphatic rings. The first-order chi connectivity index (χ1) is 11.3. The van der Waals surface area contributed by atoms with Crippen LogP contribution in [0, 0.1) is 0 Å². The maximum atomic E-state index is 11.8. The zero-order valence-electron chi connectivity index (χ0n) is 12.6. The van der Waals surface area contributed by atoms with E-state index < -0.39 is 0 Å². The fourth-order valence-electron chi connectivity index (χ4n) is 2.64. The number of fused-ring (bicyclic) bond motifs is 2. The van der Waals surface area contributed by atoms with E-state index in [4.69, 9.17) is 0 Å². The molecule has 116 valence electrons. The summed E-state index contributed by atoms with van der Waals surface area (Å²) in [6, 6.07) is 9.66. The molecule has 0 aliphatic carbocycles. The molecule has 1 aromatic carbocycles. The van der Waals surface area contributed by atoms with Gasteiger partial charge in [-0.15, -0.1) is 5.10 Å². The lowest BCUT2D eigenvalue weighted by molar-refractivity contribution is 0.797. The van der Waals surface area contributed by atoms with Gasteiger partial charge in [-0.1, -0.05) is 29.5 Å². The molecule has 7 heteroatoms. The van der Waals surface area contributed by atoms with Crippen molar-refractivity contribution in [1.29, 1.82) is 0 Å². The number of para-hydroxylation sites is 1. The zero-order chi connectivity index (χ0) is 15.8. The maximum absolute atomic E-state index is 11.8. The first-order valence-electron chi connectivity index (χ1n) is 7.41. The molecule has 0 spiro atoms. The summed E-state index contributed by atoms with van der Waals surface area (Å²) in [7, 11) is 0. The minimum Gasteiger partial charge on any atom is -0.361 e. The van der Waals surface area contributed by atoms with Crippen molar-refractivity contribution >= 4 is 32.3 Å². The van der Waals surface area contributed by atoms with Gasteiger partial charge in [-0.05, 0) is 18.6 Å². The molecule has 23 heavy (non-hydrogen) atoms. The van der Waals surface area contributed by atoms with Crippen LogP contribution in [0.1, 0.15) is 12.5 Å². The number of aromatic amines is 1. The molecular formula is C16H15N5OS. The third-order valence-corrected chi connectivity index (χ3v) is 4.83. The molecule has 0 bridgehead atoms. The van der Waals surface area contributed by atoms with E-state index in [1.165, 1.54) is 39.1 Å². The topological polar surface area (TPSA) is 66.3 Å². The number of rotatable bonds is 4. The minimum atomic E-state index is -0.152. The summed E-state index contributed by atoms with van der Waals surface area (Å²) in [6.07, 6.45) is 3.56. The highest BCUT2D eigenvalue weighted by molar-refractivity contribution is 7.20. The molecule has 0 atom stereocenters. The Labute approximate surface area is 136 Å². The molecule has 4 aromatic rings. The highest BCUT2D eigenvalue weighted by Gasteiger charge is 2.14. The summed E-state index contributed by atoms with van der Waals surface area (Å²) in [6.45, 7) is 3.61. The number of aromatic nitrogens is 4. The highest BCUT2D eigenvalue weighted by atomic mass is 32.1. The number of H-pyrrole nitrogens is 1. The molecule has 6 nitrogen and oxygen atoms in total. The second-order valence-electron chi connectivity index (χ2n) is 5.24. The Hall–Kier alpha value is -2.67. The number of anilines is 1. The fraction of sp³-hybridized carbons (Fsp3) is 0.188. The summed E-state index contributed by atoms with van der Waals surface area (Å²) in [4.78, 5) is 22.1. The monoisotopic (exact) mass is 325 g/mol. The van der Waals surface area contributed by atoms with Gasteiger partial charge >= 0.3 is 0 Å². The van der Waals surface area contributed by atoms with Crippen LogP contribution in [0.2, 0.25) is 0 Å². The first kappa shape index (κ1) is 14.0. The molecule has 0 fully saturated rings. The molecular weight excluding hydrogens is 310 g/mol. The molecule has 3 aromatic heterocycles. The van der Waals surface area contributed by atoms with Crippen molar-refractivity contribution in [2.45, 2.75) is 13.5 Å². The molecule has 0 aliphatic heterocycles. The van der Waals surface area contributed by atoms with Crippen molar-refractivity contribution in [2.75, 3.05) is 11.4 Å². The summed E-state index contributed by atoms with van der Waals surface area (Å²) >= 11 is 1.43. The molecule has 4 rings (SSSR count). The van der Waals surface area contributed by atoms with Gasteiger partial charge in [-0.3, -0.25) is 4.79 Å². The lowest BCUT2D eigenvalue weighted by Gasteiger charge is -2.18. The quantitative estimate of drug-likeness (QED) is 0.626. The Morgan fingerprint density at radius 1 is 1.30 bits per heavy atom. The van der Waals surface area contributed by atoms with Crippen LogP contribution in [0.15, 0.2) is 47.5 Å². The molecule has 0 saturated carbocycles. The van der Waals surface area contributed by atoms with E-state index in [1.54, 1.807) is 0 Å². The van der Waals surface area contributed by atoms with Gasteiger partial charge in [0.1, 0.15) is 0 Å². The third kappa shape index (κ3) is 2.39. The first-order valence-corrected chi connectivity index (χ1v) is 8.22. The lowest BCUT2D eigenvalue weighted by atomic mass is 10.1. The van der Waals surface area contributed by atoms with E-state index in [2.05, 4.69) is 39.0 Å². The van der Waals surface area contributed by atoms with Crippen molar-refractivity contribution in [1.82, 2.24) is 19.6 Å². The SMILES string of the molecule is CCN(Cc1c[nH]c2ccccc12)c1nn2c(=O)ccnc2s1. The number of nitrogens with zero attached hydrogens (tertiary/aromatic N) is 4. The normalized spacial score (nSPS) is 11.3. The van der Waals surface area contributed by atoms with Crippen molar-refractivity contribution in [3.05, 3.63) is 58.6 Å². The average Bonchev–Trinajstić information content (AvgIpc) is 3.17. The van der Waals surface area contributed by atoms with Crippen LogP contribution in [-0.2, 0) is 6.54 Å². The van der Waals surface area contributed by atoms with E-state index >= 15 is 0 Å². The van der Waals surface area contributed by atoms with Gasteiger partial charge < -0.3 is 9.88 Å². The van der Waals surface area contributed by atoms with Crippen LogP contribution in [0.5, 0.6) is 0 Å². The van der Waals surface area contributed by atoms with Gasteiger partial charge in [0, 0.05) is 42.5 Å². The third-order valence-electron chi connectivity index (χ3n) is 3.85. The van der Waals surface area contributed by atoms with Crippen LogP contribution < -0.4 is 10.5 Å². The molecule has 0 unspecified atom stereocenters. The van der Waals surface area contributed by atoms with E-state index in [0.29, 0.717) is 4.96 Å². The van der Waals surface area contributed by atoms with Gasteiger partial charge in [-0.2, -0.15) is 4.52 Å². The van der Waals surface area contributed by atoms with Gasteiger partial charge in [0.05, 0.1) is 0 Å². The van der Waals surface area contributed by atoms with E-state index in [9.17, 15) is 4.79 Å². The number of hydrogen-bond donors (Lipinski definition) is 1. The second-order valence-corrected chi connectivity index (χ2v) is 6.17. The van der Waals surface area contributed by atoms with Crippen molar-refractivity contribution in [2.24, 2.45) is 0 Å². The van der Waals surface area contributed by atoms with Gasteiger partial charge in [0.25, 0.3) is 5.56 Å². The summed E-state index contributed by atoms with van der Waals surface area (Å²) in [5.41, 5.74) is 2.18. The minimum absolute atomic E-state index is 0.152. The van der Waals surface area contributed by atoms with Gasteiger partial charge in [0.15, 0.2) is 0 Å². The van der Waals surface area contributed by atoms with E-state index in [1.807, 2.05) is 18.3 Å². The summed E-state index contributed by atoms with van der Waals surface area (Å²) in [5.74, 6) is 0. The highest BCUT2D eigenvalue weighted by Crippen LogP contribution is 2.25. The lowest BCUT2D eigenvalue weighted by Crippen LogP contribution is -2.22. The van der Waals surface area contributed by atoms with Crippen molar-refractivity contribution in [3.63, 3.8) is 0 Å². The number of hydrogen-bond acceptors (Lipinski definition) is 5. The molecule has 3 heterocycles. The number of benzene rings is 1. The fourth-order valence-corrected chi connectivity index (χ4v) is 3.58. The predicted molar refractivity (Wildman–Crippen MR) is 92.2 cm³/mol. The van der Waals surface area contributed by atoms with Gasteiger partial charge in [-0.25, -0.2) is 4.98 Å². The van der Waals surface area contributed by atoms with E-state index in [0.717, 1.165) is 23.7 Å². The van der Waals surface area contributed by atoms with Crippen LogP contribution in [0.25, 0.3) is 15.9 Å². The Kier molecular flexibility index (Phi) is 3.34. The van der Waals surface area contributed by atoms with Crippen LogP contribution in [-0.4, -0.2) is 26.1 Å². The summed E-state index contributed by atoms with van der Waals surface area (Å²) in [5, 5.41) is 6.43. The Morgan fingerprint density at radius 2 is 2.17 bits per heavy atom. The standard InChI is InChI=1S/C16H15N5OS/c1-2-20(10-11-9-18-13-6-4-3-5-12(11)13)16-19-21-14(22)7-8-17-15(21)23-16/h3-9,18H,2,10H2,1H3. The number of nitrogens with one attached hydrogen (secondary N) is 1. The van der Waals surface area contributed by atoms with Crippen LogP contribution >= 0.6 is 11.3 Å². The van der Waals surface area contributed by atoms with Gasteiger partial charge in [0.2, 0.25) is 10.1 Å². The van der Waals surface area contributed by atoms with Crippen molar-refractivity contribution < 1.29 is 0 Å². The smallest absolute Gasteiger partial charge is 0.275 e. The average molecular weight is 325 g/mol. The van der Waals surface area contributed by atoms with Crippen LogP contribution in [0.3, 0.4) is 0 Å². The molecule has 0 saturated heterocycles.